The lowest BCUT2D eigenvalue weighted by Crippen LogP contribution is -2.07. The fourth-order valence-corrected chi connectivity index (χ4v) is 2.46. The summed E-state index contributed by atoms with van der Waals surface area (Å²) < 4.78 is 5.42. The standard InChI is InChI=1S/C17H24N2O2/c1-2-3-4-5-6-17(20)21-14-7-8-16-15(11-14)13(9-10-18)12-19-16/h7-8,11-12,19H,2-6,9-10,18H2,1H3. The first-order chi connectivity index (χ1) is 10.2. The number of rotatable bonds is 8. The summed E-state index contributed by atoms with van der Waals surface area (Å²) in [5.41, 5.74) is 7.81. The summed E-state index contributed by atoms with van der Waals surface area (Å²) in [6, 6.07) is 5.69. The maximum absolute atomic E-state index is 11.8. The molecule has 2 aromatic rings. The molecular formula is C17H24N2O2. The van der Waals surface area contributed by atoms with Crippen molar-refractivity contribution in [1.29, 1.82) is 0 Å². The van der Waals surface area contributed by atoms with Crippen LogP contribution in [-0.4, -0.2) is 17.5 Å². The quantitative estimate of drug-likeness (QED) is 0.443. The van der Waals surface area contributed by atoms with Gasteiger partial charge in [0.1, 0.15) is 5.75 Å². The monoisotopic (exact) mass is 288 g/mol. The molecule has 0 unspecified atom stereocenters. The zero-order chi connectivity index (χ0) is 15.1. The summed E-state index contributed by atoms with van der Waals surface area (Å²) in [7, 11) is 0. The molecule has 0 amide bonds. The third-order valence-corrected chi connectivity index (χ3v) is 3.62. The van der Waals surface area contributed by atoms with Gasteiger partial charge in [-0.2, -0.15) is 0 Å². The van der Waals surface area contributed by atoms with E-state index in [0.717, 1.165) is 35.7 Å². The summed E-state index contributed by atoms with van der Waals surface area (Å²) in [6.07, 6.45) is 7.60. The Balaban J connectivity index is 1.98. The number of benzene rings is 1. The van der Waals surface area contributed by atoms with Crippen LogP contribution in [0.3, 0.4) is 0 Å². The topological polar surface area (TPSA) is 68.1 Å². The van der Waals surface area contributed by atoms with Crippen LogP contribution in [0.2, 0.25) is 0 Å². The van der Waals surface area contributed by atoms with Crippen molar-refractivity contribution in [2.45, 2.75) is 45.4 Å². The number of nitrogens with one attached hydrogen (secondary N) is 1. The molecule has 0 atom stereocenters. The van der Waals surface area contributed by atoms with E-state index < -0.39 is 0 Å². The molecule has 1 heterocycles. The normalized spacial score (nSPS) is 11.0. The van der Waals surface area contributed by atoms with Crippen LogP contribution < -0.4 is 10.5 Å². The maximum atomic E-state index is 11.8. The second-order valence-electron chi connectivity index (χ2n) is 5.34. The molecule has 0 radical (unpaired) electrons. The Morgan fingerprint density at radius 2 is 2.14 bits per heavy atom. The number of ether oxygens (including phenoxy) is 1. The van der Waals surface area contributed by atoms with Gasteiger partial charge in [0.15, 0.2) is 0 Å². The lowest BCUT2D eigenvalue weighted by molar-refractivity contribution is -0.134. The molecule has 0 aliphatic heterocycles. The number of carbonyl (C=O) groups is 1. The molecule has 21 heavy (non-hydrogen) atoms. The summed E-state index contributed by atoms with van der Waals surface area (Å²) in [6.45, 7) is 2.76. The molecule has 3 N–H and O–H groups in total. The number of unbranched alkanes of at least 4 members (excludes halogenated alkanes) is 3. The third-order valence-electron chi connectivity index (χ3n) is 3.62. The molecule has 0 aliphatic carbocycles. The molecule has 0 spiro atoms. The van der Waals surface area contributed by atoms with Crippen molar-refractivity contribution >= 4 is 16.9 Å². The Morgan fingerprint density at radius 3 is 2.90 bits per heavy atom. The fraction of sp³-hybridized carbons (Fsp3) is 0.471. The largest absolute Gasteiger partial charge is 0.427 e. The van der Waals surface area contributed by atoms with Crippen LogP contribution in [0.1, 0.15) is 44.6 Å². The van der Waals surface area contributed by atoms with Crippen molar-refractivity contribution in [2.75, 3.05) is 6.54 Å². The zero-order valence-corrected chi connectivity index (χ0v) is 12.7. The van der Waals surface area contributed by atoms with Gasteiger partial charge in [-0.1, -0.05) is 26.2 Å². The van der Waals surface area contributed by atoms with Gasteiger partial charge in [-0.15, -0.1) is 0 Å². The average molecular weight is 288 g/mol. The minimum atomic E-state index is -0.152. The molecule has 0 bridgehead atoms. The van der Waals surface area contributed by atoms with Gasteiger partial charge in [-0.3, -0.25) is 4.79 Å². The molecule has 0 saturated heterocycles. The first kappa shape index (κ1) is 15.6. The van der Waals surface area contributed by atoms with Crippen molar-refractivity contribution < 1.29 is 9.53 Å². The number of fused-ring (bicyclic) bond motifs is 1. The van der Waals surface area contributed by atoms with Crippen LogP contribution in [0.4, 0.5) is 0 Å². The van der Waals surface area contributed by atoms with E-state index in [0.29, 0.717) is 18.7 Å². The lowest BCUT2D eigenvalue weighted by atomic mass is 10.1. The summed E-state index contributed by atoms with van der Waals surface area (Å²) in [5, 5.41) is 1.08. The van der Waals surface area contributed by atoms with Crippen molar-refractivity contribution in [3.05, 3.63) is 30.0 Å². The van der Waals surface area contributed by atoms with E-state index in [2.05, 4.69) is 11.9 Å². The maximum Gasteiger partial charge on any atom is 0.311 e. The van der Waals surface area contributed by atoms with Gasteiger partial charge < -0.3 is 15.5 Å². The minimum Gasteiger partial charge on any atom is -0.427 e. The summed E-state index contributed by atoms with van der Waals surface area (Å²) >= 11 is 0. The van der Waals surface area contributed by atoms with Crippen molar-refractivity contribution in [3.63, 3.8) is 0 Å². The highest BCUT2D eigenvalue weighted by molar-refractivity contribution is 5.85. The average Bonchev–Trinajstić information content (AvgIpc) is 2.87. The molecule has 1 aromatic carbocycles. The third kappa shape index (κ3) is 4.33. The highest BCUT2D eigenvalue weighted by Gasteiger charge is 2.08. The Kier molecular flexibility index (Phi) is 5.81. The van der Waals surface area contributed by atoms with Crippen LogP contribution >= 0.6 is 0 Å². The van der Waals surface area contributed by atoms with Gasteiger partial charge in [0.2, 0.25) is 0 Å². The van der Waals surface area contributed by atoms with Gasteiger partial charge in [0.25, 0.3) is 0 Å². The second-order valence-corrected chi connectivity index (χ2v) is 5.34. The molecule has 2 rings (SSSR count). The number of nitrogens with two attached hydrogens (primary N) is 1. The number of esters is 1. The summed E-state index contributed by atoms with van der Waals surface area (Å²) in [5.74, 6) is 0.460. The predicted molar refractivity (Wildman–Crippen MR) is 85.5 cm³/mol. The number of H-pyrrole nitrogens is 1. The second kappa shape index (κ2) is 7.84. The van der Waals surface area contributed by atoms with Crippen molar-refractivity contribution in [2.24, 2.45) is 5.73 Å². The van der Waals surface area contributed by atoms with E-state index in [9.17, 15) is 4.79 Å². The lowest BCUT2D eigenvalue weighted by Gasteiger charge is -2.05. The Bertz CT molecular complexity index is 589. The van der Waals surface area contributed by atoms with Crippen LogP contribution in [0, 0.1) is 0 Å². The Labute approximate surface area is 125 Å². The van der Waals surface area contributed by atoms with Gasteiger partial charge in [-0.05, 0) is 43.1 Å². The first-order valence-electron chi connectivity index (χ1n) is 7.75. The Morgan fingerprint density at radius 1 is 1.29 bits per heavy atom. The number of aromatic amines is 1. The molecule has 1 aromatic heterocycles. The number of carbonyl (C=O) groups excluding carboxylic acids is 1. The van der Waals surface area contributed by atoms with Gasteiger partial charge in [-0.25, -0.2) is 0 Å². The first-order valence-corrected chi connectivity index (χ1v) is 7.75. The van der Waals surface area contributed by atoms with Gasteiger partial charge in [0.05, 0.1) is 0 Å². The van der Waals surface area contributed by atoms with Crippen LogP contribution in [-0.2, 0) is 11.2 Å². The van der Waals surface area contributed by atoms with Gasteiger partial charge in [0, 0.05) is 23.5 Å². The molecule has 0 saturated carbocycles. The van der Waals surface area contributed by atoms with Crippen LogP contribution in [0.25, 0.3) is 10.9 Å². The molecule has 114 valence electrons. The van der Waals surface area contributed by atoms with Crippen molar-refractivity contribution in [3.8, 4) is 5.75 Å². The Hall–Kier alpha value is -1.81. The molecule has 0 fully saturated rings. The highest BCUT2D eigenvalue weighted by Crippen LogP contribution is 2.24. The van der Waals surface area contributed by atoms with Gasteiger partial charge >= 0.3 is 5.97 Å². The van der Waals surface area contributed by atoms with Crippen molar-refractivity contribution in [1.82, 2.24) is 4.98 Å². The molecule has 4 nitrogen and oxygen atoms in total. The van der Waals surface area contributed by atoms with Crippen LogP contribution in [0.15, 0.2) is 24.4 Å². The summed E-state index contributed by atoms with van der Waals surface area (Å²) in [4.78, 5) is 15.0. The zero-order valence-electron chi connectivity index (χ0n) is 12.7. The van der Waals surface area contributed by atoms with E-state index >= 15 is 0 Å². The van der Waals surface area contributed by atoms with E-state index in [1.807, 2.05) is 24.4 Å². The highest BCUT2D eigenvalue weighted by atomic mass is 16.5. The smallest absolute Gasteiger partial charge is 0.311 e. The molecule has 0 aliphatic rings. The molecular weight excluding hydrogens is 264 g/mol. The van der Waals surface area contributed by atoms with E-state index in [1.165, 1.54) is 12.8 Å². The minimum absolute atomic E-state index is 0.152. The van der Waals surface area contributed by atoms with E-state index in [1.54, 1.807) is 0 Å². The molecule has 4 heteroatoms. The fourth-order valence-electron chi connectivity index (χ4n) is 2.46. The number of aromatic nitrogens is 1. The number of hydrogen-bond donors (Lipinski definition) is 2. The van der Waals surface area contributed by atoms with E-state index in [-0.39, 0.29) is 5.97 Å². The number of hydrogen-bond acceptors (Lipinski definition) is 3. The van der Waals surface area contributed by atoms with E-state index in [4.69, 9.17) is 10.5 Å². The SMILES string of the molecule is CCCCCCC(=O)Oc1ccc2[nH]cc(CCN)c2c1. The predicted octanol–water partition coefficient (Wildman–Crippen LogP) is 3.54. The van der Waals surface area contributed by atoms with Crippen LogP contribution in [0.5, 0.6) is 5.75 Å².